The van der Waals surface area contributed by atoms with E-state index in [1.54, 1.807) is 6.07 Å². The summed E-state index contributed by atoms with van der Waals surface area (Å²) in [5.41, 5.74) is 1.63. The van der Waals surface area contributed by atoms with E-state index in [4.69, 9.17) is 11.0 Å². The average Bonchev–Trinajstić information content (AvgIpc) is 2.37. The molecule has 1 aromatic rings. The second-order valence-corrected chi connectivity index (χ2v) is 4.86. The van der Waals surface area contributed by atoms with Crippen LogP contribution in [0.1, 0.15) is 16.7 Å². The van der Waals surface area contributed by atoms with Gasteiger partial charge < -0.3 is 10.5 Å². The maximum absolute atomic E-state index is 12.4. The first-order valence-corrected chi connectivity index (χ1v) is 6.21. The van der Waals surface area contributed by atoms with Crippen LogP contribution >= 0.6 is 11.8 Å². The zero-order valence-corrected chi connectivity index (χ0v) is 11.3. The van der Waals surface area contributed by atoms with Crippen molar-refractivity contribution in [1.29, 1.82) is 5.26 Å². The number of nitrogens with two attached hydrogens (primary N) is 1. The van der Waals surface area contributed by atoms with Gasteiger partial charge in [-0.05, 0) is 35.0 Å². The van der Waals surface area contributed by atoms with Gasteiger partial charge in [-0.1, -0.05) is 0 Å². The molecular formula is C12H11F3N2O2S. The van der Waals surface area contributed by atoms with Crippen LogP contribution in [0.4, 0.5) is 13.2 Å². The lowest BCUT2D eigenvalue weighted by Gasteiger charge is -2.13. The van der Waals surface area contributed by atoms with Crippen molar-refractivity contribution in [3.05, 3.63) is 28.8 Å². The van der Waals surface area contributed by atoms with E-state index >= 15 is 0 Å². The molecule has 8 heteroatoms. The predicted molar refractivity (Wildman–Crippen MR) is 66.7 cm³/mol. The number of carbonyl (C=O) groups is 1. The van der Waals surface area contributed by atoms with Crippen molar-refractivity contribution < 1.29 is 22.7 Å². The summed E-state index contributed by atoms with van der Waals surface area (Å²) >= 11 is -0.330. The van der Waals surface area contributed by atoms with Crippen molar-refractivity contribution in [2.45, 2.75) is 23.4 Å². The van der Waals surface area contributed by atoms with Crippen LogP contribution < -0.4 is 5.73 Å². The van der Waals surface area contributed by atoms with Gasteiger partial charge in [0.15, 0.2) is 0 Å². The second kappa shape index (κ2) is 6.63. The van der Waals surface area contributed by atoms with E-state index < -0.39 is 11.5 Å². The third kappa shape index (κ3) is 4.43. The van der Waals surface area contributed by atoms with Crippen LogP contribution in [-0.4, -0.2) is 18.6 Å². The molecule has 0 aliphatic rings. The topological polar surface area (TPSA) is 76.1 Å². The lowest BCUT2D eigenvalue weighted by Crippen LogP contribution is -2.12. The van der Waals surface area contributed by atoms with Crippen LogP contribution in [0.3, 0.4) is 0 Å². The molecule has 0 atom stereocenters. The molecule has 0 spiro atoms. The Labute approximate surface area is 117 Å². The molecule has 0 aliphatic carbocycles. The fraction of sp³-hybridized carbons (Fsp3) is 0.333. The molecule has 0 heterocycles. The molecule has 0 unspecified atom stereocenters. The Kier molecular flexibility index (Phi) is 5.42. The number of alkyl halides is 3. The normalized spacial score (nSPS) is 11.0. The first-order chi connectivity index (χ1) is 9.30. The van der Waals surface area contributed by atoms with Crippen LogP contribution in [0.15, 0.2) is 17.0 Å². The Bertz CT molecular complexity index is 553. The number of hydrogen-bond acceptors (Lipinski definition) is 5. The molecular weight excluding hydrogens is 293 g/mol. The Morgan fingerprint density at radius 1 is 1.50 bits per heavy atom. The Morgan fingerprint density at radius 3 is 2.60 bits per heavy atom. The number of thioether (sulfide) groups is 1. The fourth-order valence-electron chi connectivity index (χ4n) is 1.60. The minimum atomic E-state index is -4.46. The number of ether oxygens (including phenoxy) is 1. The van der Waals surface area contributed by atoms with Crippen molar-refractivity contribution in [2.75, 3.05) is 7.11 Å². The number of halogens is 3. The van der Waals surface area contributed by atoms with Crippen LogP contribution in [-0.2, 0) is 22.5 Å². The minimum absolute atomic E-state index is 0.00917. The predicted octanol–water partition coefficient (Wildman–Crippen LogP) is 2.34. The number of carbonyl (C=O) groups excluding carboxylic acids is 1. The first kappa shape index (κ1) is 16.3. The molecule has 0 radical (unpaired) electrons. The van der Waals surface area contributed by atoms with Gasteiger partial charge in [-0.3, -0.25) is 4.79 Å². The van der Waals surface area contributed by atoms with E-state index in [9.17, 15) is 18.0 Å². The smallest absolute Gasteiger partial charge is 0.446 e. The number of rotatable bonds is 4. The second-order valence-electron chi connectivity index (χ2n) is 3.73. The standard InChI is InChI=1S/C12H11F3N2O2S/c1-19-11(18)4-10-7(5-16)2-9(3-8(10)6-17)20-12(13,14)15/h2-3H,4-5,16H2,1H3. The molecule has 0 bridgehead atoms. The van der Waals surface area contributed by atoms with Crippen LogP contribution in [0, 0.1) is 11.3 Å². The van der Waals surface area contributed by atoms with Gasteiger partial charge in [0.2, 0.25) is 0 Å². The van der Waals surface area contributed by atoms with E-state index in [1.165, 1.54) is 13.2 Å². The van der Waals surface area contributed by atoms with Gasteiger partial charge in [0.1, 0.15) is 0 Å². The molecule has 0 aromatic heterocycles. The highest BCUT2D eigenvalue weighted by molar-refractivity contribution is 8.00. The van der Waals surface area contributed by atoms with Gasteiger partial charge in [-0.15, -0.1) is 0 Å². The molecule has 108 valence electrons. The van der Waals surface area contributed by atoms with E-state index in [1.807, 2.05) is 0 Å². The van der Waals surface area contributed by atoms with Crippen LogP contribution in [0.2, 0.25) is 0 Å². The minimum Gasteiger partial charge on any atom is -0.469 e. The van der Waals surface area contributed by atoms with E-state index in [-0.39, 0.29) is 35.2 Å². The van der Waals surface area contributed by atoms with Gasteiger partial charge in [0.25, 0.3) is 0 Å². The lowest BCUT2D eigenvalue weighted by atomic mass is 9.99. The van der Waals surface area contributed by atoms with E-state index in [0.717, 1.165) is 6.07 Å². The zero-order chi connectivity index (χ0) is 15.3. The monoisotopic (exact) mass is 304 g/mol. The molecule has 0 amide bonds. The molecule has 2 N–H and O–H groups in total. The van der Waals surface area contributed by atoms with Crippen molar-refractivity contribution >= 4 is 17.7 Å². The largest absolute Gasteiger partial charge is 0.469 e. The summed E-state index contributed by atoms with van der Waals surface area (Å²) in [6.07, 6.45) is -0.205. The van der Waals surface area contributed by atoms with Gasteiger partial charge in [0.05, 0.1) is 25.2 Å². The molecule has 4 nitrogen and oxygen atoms in total. The zero-order valence-electron chi connectivity index (χ0n) is 10.5. The molecule has 1 aromatic carbocycles. The lowest BCUT2D eigenvalue weighted by molar-refractivity contribution is -0.139. The SMILES string of the molecule is COC(=O)Cc1c(C#N)cc(SC(F)(F)F)cc1CN. The Hall–Kier alpha value is -1.72. The van der Waals surface area contributed by atoms with E-state index in [2.05, 4.69) is 4.74 Å². The maximum Gasteiger partial charge on any atom is 0.446 e. The van der Waals surface area contributed by atoms with Crippen molar-refractivity contribution in [3.8, 4) is 6.07 Å². The third-order valence-corrected chi connectivity index (χ3v) is 3.14. The summed E-state index contributed by atoms with van der Waals surface area (Å²) in [6, 6.07) is 4.11. The maximum atomic E-state index is 12.4. The highest BCUT2D eigenvalue weighted by Crippen LogP contribution is 2.38. The third-order valence-electron chi connectivity index (χ3n) is 2.44. The van der Waals surface area contributed by atoms with Gasteiger partial charge in [0, 0.05) is 11.4 Å². The highest BCUT2D eigenvalue weighted by atomic mass is 32.2. The number of benzene rings is 1. The summed E-state index contributed by atoms with van der Waals surface area (Å²) in [7, 11) is 1.18. The first-order valence-electron chi connectivity index (χ1n) is 5.39. The Morgan fingerprint density at radius 2 is 2.15 bits per heavy atom. The molecule has 0 aliphatic heterocycles. The summed E-state index contributed by atoms with van der Waals surface area (Å²) in [5.74, 6) is -0.590. The van der Waals surface area contributed by atoms with Crippen molar-refractivity contribution in [2.24, 2.45) is 5.73 Å². The van der Waals surface area contributed by atoms with Crippen LogP contribution in [0.5, 0.6) is 0 Å². The summed E-state index contributed by atoms with van der Waals surface area (Å²) in [5, 5.41) is 9.01. The Balaban J connectivity index is 3.25. The highest BCUT2D eigenvalue weighted by Gasteiger charge is 2.30. The molecule has 0 saturated heterocycles. The van der Waals surface area contributed by atoms with Crippen LogP contribution in [0.25, 0.3) is 0 Å². The molecule has 1 rings (SSSR count). The number of nitriles is 1. The van der Waals surface area contributed by atoms with Gasteiger partial charge in [-0.25, -0.2) is 0 Å². The number of hydrogen-bond donors (Lipinski definition) is 1. The molecule has 20 heavy (non-hydrogen) atoms. The molecule has 0 saturated carbocycles. The summed E-state index contributed by atoms with van der Waals surface area (Å²) < 4.78 is 41.5. The number of methoxy groups -OCH3 is 1. The van der Waals surface area contributed by atoms with Crippen molar-refractivity contribution in [3.63, 3.8) is 0 Å². The number of nitrogens with zero attached hydrogens (tertiary/aromatic N) is 1. The summed E-state index contributed by atoms with van der Waals surface area (Å²) in [6.45, 7) is -0.0761. The number of esters is 1. The van der Waals surface area contributed by atoms with Gasteiger partial charge >= 0.3 is 11.5 Å². The summed E-state index contributed by atoms with van der Waals surface area (Å²) in [4.78, 5) is 11.1. The van der Waals surface area contributed by atoms with E-state index in [0.29, 0.717) is 11.1 Å². The van der Waals surface area contributed by atoms with Crippen molar-refractivity contribution in [1.82, 2.24) is 0 Å². The van der Waals surface area contributed by atoms with Gasteiger partial charge in [-0.2, -0.15) is 18.4 Å². The average molecular weight is 304 g/mol. The fourth-order valence-corrected chi connectivity index (χ4v) is 2.25. The quantitative estimate of drug-likeness (QED) is 0.682. The molecule has 0 fully saturated rings.